The number of aldehydes is 1. The molecule has 12 nitrogen and oxygen atoms in total. The molecule has 242 valence electrons. The lowest BCUT2D eigenvalue weighted by Crippen LogP contribution is -2.40. The van der Waals surface area contributed by atoms with Crippen LogP contribution in [0.2, 0.25) is 0 Å². The second-order valence-corrected chi connectivity index (χ2v) is 11.4. The maximum absolute atomic E-state index is 13.7. The molecule has 2 aromatic carbocycles. The van der Waals surface area contributed by atoms with Gasteiger partial charge >= 0.3 is 0 Å². The molecule has 0 saturated heterocycles. The number of para-hydroxylation sites is 1. The summed E-state index contributed by atoms with van der Waals surface area (Å²) in [5.41, 5.74) is 10.6. The van der Waals surface area contributed by atoms with Gasteiger partial charge in [-0.3, -0.25) is 24.5 Å². The third-order valence-electron chi connectivity index (χ3n) is 7.52. The minimum Gasteiger partial charge on any atom is -0.396 e. The zero-order valence-electron chi connectivity index (χ0n) is 26.5. The van der Waals surface area contributed by atoms with Crippen molar-refractivity contribution in [3.63, 3.8) is 0 Å². The van der Waals surface area contributed by atoms with Gasteiger partial charge in [0.25, 0.3) is 0 Å². The molecule has 0 saturated carbocycles. The van der Waals surface area contributed by atoms with E-state index in [9.17, 15) is 19.2 Å². The minimum atomic E-state index is -0.421. The van der Waals surface area contributed by atoms with Crippen molar-refractivity contribution in [2.24, 2.45) is 11.6 Å². The Morgan fingerprint density at radius 1 is 1.04 bits per heavy atom. The summed E-state index contributed by atoms with van der Waals surface area (Å²) in [4.78, 5) is 51.4. The summed E-state index contributed by atoms with van der Waals surface area (Å²) in [6.07, 6.45) is 3.52. The van der Waals surface area contributed by atoms with Crippen LogP contribution in [0.1, 0.15) is 49.8 Å². The van der Waals surface area contributed by atoms with Crippen molar-refractivity contribution in [1.29, 1.82) is 0 Å². The van der Waals surface area contributed by atoms with E-state index in [2.05, 4.69) is 10.6 Å². The van der Waals surface area contributed by atoms with Gasteiger partial charge in [0, 0.05) is 56.7 Å². The molecule has 6 N–H and O–H groups in total. The number of allylic oxidation sites excluding steroid dienone is 1. The average molecular weight is 620 g/mol. The molecule has 1 aliphatic rings. The number of hydrogen-bond acceptors (Lipinski definition) is 9. The highest BCUT2D eigenvalue weighted by atomic mass is 16.5. The van der Waals surface area contributed by atoms with Crippen LogP contribution in [0.25, 0.3) is 11.4 Å². The molecule has 0 aromatic heterocycles. The second-order valence-electron chi connectivity index (χ2n) is 11.4. The van der Waals surface area contributed by atoms with Gasteiger partial charge < -0.3 is 30.6 Å². The number of carbonyl (C=O) groups excluding carboxylic acids is 4. The number of fused-ring (bicyclic) bond motifs is 2. The SMILES string of the molecule is CNCOC(C)(C)CCN(N)/C1=C(\N)c2ccccc2N(C(=O)CCNC(=O)CCN(C)C(=O)/C=C\C=O)Cc2ccccc21. The van der Waals surface area contributed by atoms with Gasteiger partial charge in [-0.25, -0.2) is 5.84 Å². The van der Waals surface area contributed by atoms with Crippen molar-refractivity contribution in [3.05, 3.63) is 77.4 Å². The Balaban J connectivity index is 1.79. The summed E-state index contributed by atoms with van der Waals surface area (Å²) in [6, 6.07) is 15.2. The van der Waals surface area contributed by atoms with Crippen LogP contribution in [-0.4, -0.2) is 80.0 Å². The van der Waals surface area contributed by atoms with Crippen molar-refractivity contribution < 1.29 is 23.9 Å². The Bertz CT molecular complexity index is 1420. The zero-order chi connectivity index (χ0) is 33.0. The van der Waals surface area contributed by atoms with Gasteiger partial charge in [0.1, 0.15) is 6.29 Å². The fourth-order valence-corrected chi connectivity index (χ4v) is 4.89. The van der Waals surface area contributed by atoms with E-state index in [4.69, 9.17) is 16.3 Å². The zero-order valence-corrected chi connectivity index (χ0v) is 26.5. The largest absolute Gasteiger partial charge is 0.396 e. The number of amides is 3. The maximum Gasteiger partial charge on any atom is 0.246 e. The molecule has 3 amide bonds. The summed E-state index contributed by atoms with van der Waals surface area (Å²) in [5.74, 6) is 5.85. The number of likely N-dealkylation sites (N-methyl/N-ethyl adjacent to an activating group) is 1. The highest BCUT2D eigenvalue weighted by Crippen LogP contribution is 2.36. The minimum absolute atomic E-state index is 0.0558. The van der Waals surface area contributed by atoms with Crippen LogP contribution in [0.4, 0.5) is 5.69 Å². The fraction of sp³-hybridized carbons (Fsp3) is 0.394. The molecule has 0 spiro atoms. The number of hydrogen-bond donors (Lipinski definition) is 4. The van der Waals surface area contributed by atoms with Crippen molar-refractivity contribution >= 4 is 41.1 Å². The van der Waals surface area contributed by atoms with E-state index in [-0.39, 0.29) is 50.2 Å². The number of anilines is 1. The van der Waals surface area contributed by atoms with E-state index < -0.39 is 5.60 Å². The Labute approximate surface area is 265 Å². The fourth-order valence-electron chi connectivity index (χ4n) is 4.89. The van der Waals surface area contributed by atoms with Crippen LogP contribution < -0.4 is 27.1 Å². The lowest BCUT2D eigenvalue weighted by atomic mass is 9.95. The van der Waals surface area contributed by atoms with Gasteiger partial charge in [-0.15, -0.1) is 0 Å². The summed E-state index contributed by atoms with van der Waals surface area (Å²) in [6.45, 7) is 5.50. The van der Waals surface area contributed by atoms with E-state index in [0.29, 0.717) is 48.6 Å². The Morgan fingerprint density at radius 2 is 1.73 bits per heavy atom. The number of hydrazine groups is 1. The summed E-state index contributed by atoms with van der Waals surface area (Å²) >= 11 is 0. The molecular formula is C33H45N7O5. The van der Waals surface area contributed by atoms with Gasteiger partial charge in [-0.1, -0.05) is 42.5 Å². The van der Waals surface area contributed by atoms with E-state index in [1.807, 2.05) is 69.4 Å². The lowest BCUT2D eigenvalue weighted by molar-refractivity contribution is -0.126. The van der Waals surface area contributed by atoms with Gasteiger partial charge in [0.15, 0.2) is 0 Å². The summed E-state index contributed by atoms with van der Waals surface area (Å²) in [5, 5.41) is 7.42. The third kappa shape index (κ3) is 9.73. The molecule has 1 heterocycles. The Hall–Kier alpha value is -4.52. The van der Waals surface area contributed by atoms with E-state index in [1.165, 1.54) is 4.90 Å². The number of benzene rings is 2. The van der Waals surface area contributed by atoms with Crippen LogP contribution in [0.3, 0.4) is 0 Å². The van der Waals surface area contributed by atoms with Gasteiger partial charge in [0.2, 0.25) is 17.7 Å². The quantitative estimate of drug-likeness (QED) is 0.0767. The average Bonchev–Trinajstić information content (AvgIpc) is 3.03. The van der Waals surface area contributed by atoms with E-state index in [0.717, 1.165) is 23.3 Å². The van der Waals surface area contributed by atoms with Crippen LogP contribution in [-0.2, 0) is 30.5 Å². The molecule has 0 aliphatic carbocycles. The lowest BCUT2D eigenvalue weighted by Gasteiger charge is -2.34. The van der Waals surface area contributed by atoms with Gasteiger partial charge in [-0.2, -0.15) is 0 Å². The summed E-state index contributed by atoms with van der Waals surface area (Å²) < 4.78 is 5.91. The third-order valence-corrected chi connectivity index (χ3v) is 7.52. The molecule has 0 bridgehead atoms. The van der Waals surface area contributed by atoms with Gasteiger partial charge in [-0.05, 0) is 45.0 Å². The molecule has 1 aliphatic heterocycles. The standard InChI is InChI=1S/C33H45N7O5/c1-33(2,45-23-36-3)17-20-40(35)32-25-11-6-5-10-24(25)22-39(27-13-8-7-12-26(27)31(32)34)30(44)15-18-37-28(42)16-19-38(4)29(43)14-9-21-41/h5-14,21,36H,15-20,22-23,34-35H2,1-4H3,(H,37,42)/b14-9-,32-31-. The van der Waals surface area contributed by atoms with Crippen molar-refractivity contribution in [3.8, 4) is 0 Å². The molecule has 0 radical (unpaired) electrons. The van der Waals surface area contributed by atoms with Crippen molar-refractivity contribution in [1.82, 2.24) is 20.5 Å². The first kappa shape index (κ1) is 35.0. The number of nitrogens with one attached hydrogen (secondary N) is 2. The molecule has 2 aromatic rings. The predicted octanol–water partition coefficient (Wildman–Crippen LogP) is 1.97. The first-order valence-corrected chi connectivity index (χ1v) is 14.9. The monoisotopic (exact) mass is 619 g/mol. The first-order chi connectivity index (χ1) is 21.5. The van der Waals surface area contributed by atoms with E-state index in [1.54, 1.807) is 17.0 Å². The topological polar surface area (TPSA) is 163 Å². The number of ether oxygens (including phenoxy) is 1. The maximum atomic E-state index is 13.7. The molecule has 0 atom stereocenters. The number of nitrogens with two attached hydrogens (primary N) is 2. The second kappa shape index (κ2) is 16.5. The van der Waals surface area contributed by atoms with Crippen LogP contribution in [0, 0.1) is 0 Å². The van der Waals surface area contributed by atoms with Gasteiger partial charge in [0.05, 0.1) is 36.0 Å². The molecule has 0 fully saturated rings. The molecule has 3 rings (SSSR count). The number of nitrogens with zero attached hydrogens (tertiary/aromatic N) is 3. The number of carbonyl (C=O) groups is 4. The predicted molar refractivity (Wildman–Crippen MR) is 175 cm³/mol. The summed E-state index contributed by atoms with van der Waals surface area (Å²) in [7, 11) is 3.37. The normalized spacial score (nSPS) is 14.6. The van der Waals surface area contributed by atoms with Crippen molar-refractivity contribution in [2.45, 2.75) is 45.3 Å². The van der Waals surface area contributed by atoms with Crippen LogP contribution in [0.5, 0.6) is 0 Å². The highest BCUT2D eigenvalue weighted by molar-refractivity contribution is 6.01. The smallest absolute Gasteiger partial charge is 0.246 e. The Kier molecular flexibility index (Phi) is 12.8. The number of rotatable bonds is 15. The Morgan fingerprint density at radius 3 is 2.44 bits per heavy atom. The highest BCUT2D eigenvalue weighted by Gasteiger charge is 2.28. The van der Waals surface area contributed by atoms with Crippen LogP contribution in [0.15, 0.2) is 60.7 Å². The van der Waals surface area contributed by atoms with Crippen molar-refractivity contribution in [2.75, 3.05) is 45.4 Å². The first-order valence-electron chi connectivity index (χ1n) is 14.9. The molecule has 45 heavy (non-hydrogen) atoms. The molecule has 0 unspecified atom stereocenters. The molecule has 12 heteroatoms. The van der Waals surface area contributed by atoms with Crippen LogP contribution >= 0.6 is 0 Å². The molecular weight excluding hydrogens is 574 g/mol. The van der Waals surface area contributed by atoms with E-state index >= 15 is 0 Å².